The summed E-state index contributed by atoms with van der Waals surface area (Å²) >= 11 is 0. The number of hydrogen-bond acceptors (Lipinski definition) is 3. The molecule has 0 aromatic carbocycles. The second-order valence-corrected chi connectivity index (χ2v) is 3.88. The van der Waals surface area contributed by atoms with E-state index in [1.54, 1.807) is 0 Å². The number of carbonyl (C=O) groups is 1. The highest BCUT2D eigenvalue weighted by molar-refractivity contribution is 5.76. The van der Waals surface area contributed by atoms with Crippen LogP contribution in [0.5, 0.6) is 0 Å². The van der Waals surface area contributed by atoms with Gasteiger partial charge in [-0.05, 0) is 12.8 Å². The summed E-state index contributed by atoms with van der Waals surface area (Å²) in [7, 11) is 0. The Bertz CT molecular complexity index is 185. The van der Waals surface area contributed by atoms with Crippen molar-refractivity contribution in [3.63, 3.8) is 0 Å². The molecule has 0 aliphatic carbocycles. The average molecular weight is 215 g/mol. The lowest BCUT2D eigenvalue weighted by Crippen LogP contribution is -2.35. The lowest BCUT2D eigenvalue weighted by atomic mass is 10.1. The SMILES string of the molecule is O=C1CCCCCCN1CCOCCO. The third-order valence-corrected chi connectivity index (χ3v) is 2.66. The highest BCUT2D eigenvalue weighted by Gasteiger charge is 2.14. The van der Waals surface area contributed by atoms with Crippen LogP contribution in [0, 0.1) is 0 Å². The van der Waals surface area contributed by atoms with E-state index in [4.69, 9.17) is 9.84 Å². The molecule has 0 unspecified atom stereocenters. The van der Waals surface area contributed by atoms with Crippen LogP contribution in [0.15, 0.2) is 0 Å². The summed E-state index contributed by atoms with van der Waals surface area (Å²) < 4.78 is 5.16. The number of ether oxygens (including phenoxy) is 1. The van der Waals surface area contributed by atoms with Gasteiger partial charge in [-0.25, -0.2) is 0 Å². The van der Waals surface area contributed by atoms with E-state index in [1.165, 1.54) is 12.8 Å². The summed E-state index contributed by atoms with van der Waals surface area (Å²) in [5.41, 5.74) is 0. The maximum Gasteiger partial charge on any atom is 0.222 e. The first kappa shape index (κ1) is 12.5. The molecule has 0 aromatic rings. The highest BCUT2D eigenvalue weighted by atomic mass is 16.5. The first-order chi connectivity index (χ1) is 7.34. The second-order valence-electron chi connectivity index (χ2n) is 3.88. The molecule has 1 amide bonds. The van der Waals surface area contributed by atoms with E-state index in [0.717, 1.165) is 19.4 Å². The predicted octanol–water partition coefficient (Wildman–Crippen LogP) is 0.788. The molecule has 1 aliphatic rings. The third-order valence-electron chi connectivity index (χ3n) is 2.66. The molecule has 1 N–H and O–H groups in total. The van der Waals surface area contributed by atoms with Crippen LogP contribution in [-0.2, 0) is 9.53 Å². The zero-order valence-electron chi connectivity index (χ0n) is 9.28. The molecular weight excluding hydrogens is 194 g/mol. The molecule has 15 heavy (non-hydrogen) atoms. The van der Waals surface area contributed by atoms with E-state index >= 15 is 0 Å². The molecule has 1 fully saturated rings. The molecule has 0 spiro atoms. The van der Waals surface area contributed by atoms with Crippen molar-refractivity contribution in [3.05, 3.63) is 0 Å². The van der Waals surface area contributed by atoms with Gasteiger partial charge in [0.2, 0.25) is 5.91 Å². The Balaban J connectivity index is 2.20. The van der Waals surface area contributed by atoms with Crippen LogP contribution in [0.3, 0.4) is 0 Å². The maximum atomic E-state index is 11.7. The number of carbonyl (C=O) groups excluding carboxylic acids is 1. The first-order valence-electron chi connectivity index (χ1n) is 5.81. The van der Waals surface area contributed by atoms with E-state index in [0.29, 0.717) is 26.2 Å². The van der Waals surface area contributed by atoms with Crippen LogP contribution < -0.4 is 0 Å². The van der Waals surface area contributed by atoms with Crippen LogP contribution in [0.25, 0.3) is 0 Å². The second kappa shape index (κ2) is 7.65. The van der Waals surface area contributed by atoms with Gasteiger partial charge >= 0.3 is 0 Å². The largest absolute Gasteiger partial charge is 0.394 e. The summed E-state index contributed by atoms with van der Waals surface area (Å²) in [6, 6.07) is 0. The van der Waals surface area contributed by atoms with Crippen molar-refractivity contribution in [2.45, 2.75) is 32.1 Å². The monoisotopic (exact) mass is 215 g/mol. The van der Waals surface area contributed by atoms with Gasteiger partial charge in [0, 0.05) is 19.5 Å². The fourth-order valence-corrected chi connectivity index (χ4v) is 1.79. The van der Waals surface area contributed by atoms with Crippen LogP contribution in [-0.4, -0.2) is 48.8 Å². The summed E-state index contributed by atoms with van der Waals surface area (Å²) in [6.07, 6.45) is 5.21. The topological polar surface area (TPSA) is 49.8 Å². The Kier molecular flexibility index (Phi) is 6.36. The van der Waals surface area contributed by atoms with Gasteiger partial charge in [-0.2, -0.15) is 0 Å². The minimum atomic E-state index is 0.0496. The average Bonchev–Trinajstić information content (AvgIpc) is 2.22. The molecule has 1 heterocycles. The van der Waals surface area contributed by atoms with E-state index in [1.807, 2.05) is 4.90 Å². The summed E-state index contributed by atoms with van der Waals surface area (Å²) in [5.74, 6) is 0.252. The maximum absolute atomic E-state index is 11.7. The smallest absolute Gasteiger partial charge is 0.222 e. The number of likely N-dealkylation sites (tertiary alicyclic amines) is 1. The van der Waals surface area contributed by atoms with Crippen LogP contribution in [0.2, 0.25) is 0 Å². The molecule has 4 nitrogen and oxygen atoms in total. The van der Waals surface area contributed by atoms with Crippen LogP contribution in [0.1, 0.15) is 32.1 Å². The number of aliphatic hydroxyl groups is 1. The van der Waals surface area contributed by atoms with Crippen molar-refractivity contribution in [2.75, 3.05) is 32.9 Å². The van der Waals surface area contributed by atoms with E-state index in [-0.39, 0.29) is 12.5 Å². The molecule has 1 aliphatic heterocycles. The lowest BCUT2D eigenvalue weighted by molar-refractivity contribution is -0.132. The summed E-state index contributed by atoms with van der Waals surface area (Å²) in [5, 5.41) is 8.53. The molecule has 4 heteroatoms. The molecule has 0 aromatic heterocycles. The van der Waals surface area contributed by atoms with Crippen molar-refractivity contribution >= 4 is 5.91 Å². The van der Waals surface area contributed by atoms with Gasteiger partial charge in [-0.3, -0.25) is 4.79 Å². The molecule has 1 saturated heterocycles. The molecule has 1 rings (SSSR count). The Morgan fingerprint density at radius 1 is 1.20 bits per heavy atom. The Morgan fingerprint density at radius 3 is 2.80 bits per heavy atom. The number of aliphatic hydroxyl groups excluding tert-OH is 1. The molecule has 0 atom stereocenters. The van der Waals surface area contributed by atoms with Gasteiger partial charge in [-0.15, -0.1) is 0 Å². The molecular formula is C11H21NO3. The first-order valence-corrected chi connectivity index (χ1v) is 5.81. The van der Waals surface area contributed by atoms with E-state index in [9.17, 15) is 4.79 Å². The van der Waals surface area contributed by atoms with Crippen LogP contribution >= 0.6 is 0 Å². The van der Waals surface area contributed by atoms with E-state index in [2.05, 4.69) is 0 Å². The zero-order valence-corrected chi connectivity index (χ0v) is 9.28. The number of rotatable bonds is 5. The van der Waals surface area contributed by atoms with Gasteiger partial charge in [0.1, 0.15) is 0 Å². The highest BCUT2D eigenvalue weighted by Crippen LogP contribution is 2.11. The fraction of sp³-hybridized carbons (Fsp3) is 0.909. The zero-order chi connectivity index (χ0) is 10.9. The van der Waals surface area contributed by atoms with Gasteiger partial charge in [-0.1, -0.05) is 12.8 Å². The molecule has 0 radical (unpaired) electrons. The van der Waals surface area contributed by atoms with Crippen molar-refractivity contribution in [1.29, 1.82) is 0 Å². The predicted molar refractivity (Wildman–Crippen MR) is 57.6 cm³/mol. The molecule has 0 saturated carbocycles. The Morgan fingerprint density at radius 2 is 2.00 bits per heavy atom. The minimum Gasteiger partial charge on any atom is -0.394 e. The number of hydrogen-bond donors (Lipinski definition) is 1. The molecule has 88 valence electrons. The van der Waals surface area contributed by atoms with Crippen LogP contribution in [0.4, 0.5) is 0 Å². The van der Waals surface area contributed by atoms with Gasteiger partial charge < -0.3 is 14.7 Å². The normalized spacial score (nSPS) is 18.7. The number of amides is 1. The van der Waals surface area contributed by atoms with Crippen molar-refractivity contribution in [2.24, 2.45) is 0 Å². The number of nitrogens with zero attached hydrogens (tertiary/aromatic N) is 1. The Labute approximate surface area is 91.2 Å². The minimum absolute atomic E-state index is 0.0496. The quantitative estimate of drug-likeness (QED) is 0.690. The van der Waals surface area contributed by atoms with E-state index < -0.39 is 0 Å². The third kappa shape index (κ3) is 5.14. The summed E-state index contributed by atoms with van der Waals surface area (Å²) in [6.45, 7) is 2.47. The van der Waals surface area contributed by atoms with Gasteiger partial charge in [0.05, 0.1) is 19.8 Å². The van der Waals surface area contributed by atoms with Crippen molar-refractivity contribution in [3.8, 4) is 0 Å². The standard InChI is InChI=1S/C11H21NO3/c13-8-10-15-9-7-12-6-4-2-1-3-5-11(12)14/h13H,1-10H2. The van der Waals surface area contributed by atoms with Gasteiger partial charge in [0.15, 0.2) is 0 Å². The summed E-state index contributed by atoms with van der Waals surface area (Å²) in [4.78, 5) is 13.5. The Hall–Kier alpha value is -0.610. The van der Waals surface area contributed by atoms with Crippen molar-refractivity contribution < 1.29 is 14.6 Å². The fourth-order valence-electron chi connectivity index (χ4n) is 1.79. The lowest BCUT2D eigenvalue weighted by Gasteiger charge is -2.24. The van der Waals surface area contributed by atoms with Crippen molar-refractivity contribution in [1.82, 2.24) is 4.90 Å². The van der Waals surface area contributed by atoms with Gasteiger partial charge in [0.25, 0.3) is 0 Å². The molecule has 0 bridgehead atoms.